The van der Waals surface area contributed by atoms with Crippen molar-refractivity contribution in [2.75, 3.05) is 19.0 Å². The van der Waals surface area contributed by atoms with E-state index in [2.05, 4.69) is 5.32 Å². The minimum Gasteiger partial charge on any atom is -0.494 e. The van der Waals surface area contributed by atoms with E-state index in [4.69, 9.17) is 14.2 Å². The Morgan fingerprint density at radius 3 is 2.35 bits per heavy atom. The van der Waals surface area contributed by atoms with Crippen molar-refractivity contribution in [1.29, 1.82) is 0 Å². The molecule has 0 fully saturated rings. The Labute approximate surface area is 136 Å². The number of anilines is 1. The second kappa shape index (κ2) is 8.08. The molecule has 0 aliphatic rings. The molecule has 0 unspecified atom stereocenters. The highest BCUT2D eigenvalue weighted by Crippen LogP contribution is 2.27. The molecule has 0 bridgehead atoms. The molecule has 0 aromatic heterocycles. The van der Waals surface area contributed by atoms with E-state index in [0.29, 0.717) is 23.8 Å². The van der Waals surface area contributed by atoms with Crippen molar-refractivity contribution in [2.45, 2.75) is 20.0 Å². The molecule has 23 heavy (non-hydrogen) atoms. The summed E-state index contributed by atoms with van der Waals surface area (Å²) in [6.07, 6.45) is -0.655. The minimum absolute atomic E-state index is 0.236. The van der Waals surface area contributed by atoms with Gasteiger partial charge in [-0.25, -0.2) is 0 Å². The number of nitrogens with one attached hydrogen (secondary N) is 1. The summed E-state index contributed by atoms with van der Waals surface area (Å²) in [5.41, 5.74) is 0.689. The van der Waals surface area contributed by atoms with E-state index in [0.717, 1.165) is 5.75 Å². The third-order valence-electron chi connectivity index (χ3n) is 3.17. The average molecular weight is 315 g/mol. The minimum atomic E-state index is -0.655. The van der Waals surface area contributed by atoms with Gasteiger partial charge in [-0.15, -0.1) is 0 Å². The lowest BCUT2D eigenvalue weighted by Gasteiger charge is -2.16. The topological polar surface area (TPSA) is 56.8 Å². The summed E-state index contributed by atoms with van der Waals surface area (Å²) in [4.78, 5) is 12.2. The molecule has 0 heterocycles. The first kappa shape index (κ1) is 16.7. The van der Waals surface area contributed by atoms with Crippen molar-refractivity contribution in [3.63, 3.8) is 0 Å². The summed E-state index contributed by atoms with van der Waals surface area (Å²) in [5, 5.41) is 2.81. The van der Waals surface area contributed by atoms with Gasteiger partial charge in [0.15, 0.2) is 17.6 Å². The molecule has 2 aromatic carbocycles. The summed E-state index contributed by atoms with van der Waals surface area (Å²) in [5.74, 6) is 1.65. The number of ether oxygens (including phenoxy) is 3. The van der Waals surface area contributed by atoms with Gasteiger partial charge in [-0.3, -0.25) is 4.79 Å². The van der Waals surface area contributed by atoms with Gasteiger partial charge in [0.1, 0.15) is 5.75 Å². The van der Waals surface area contributed by atoms with Crippen LogP contribution in [0.15, 0.2) is 48.5 Å². The summed E-state index contributed by atoms with van der Waals surface area (Å²) in [6, 6.07) is 14.4. The molecule has 5 nitrogen and oxygen atoms in total. The van der Waals surface area contributed by atoms with Crippen molar-refractivity contribution < 1.29 is 19.0 Å². The first-order chi connectivity index (χ1) is 11.1. The van der Waals surface area contributed by atoms with Gasteiger partial charge in [0.2, 0.25) is 0 Å². The molecular formula is C18H21NO4. The summed E-state index contributed by atoms with van der Waals surface area (Å²) >= 11 is 0. The van der Waals surface area contributed by atoms with Crippen LogP contribution in [0, 0.1) is 0 Å². The fourth-order valence-corrected chi connectivity index (χ4v) is 2.01. The van der Waals surface area contributed by atoms with Crippen LogP contribution in [0.1, 0.15) is 13.8 Å². The van der Waals surface area contributed by atoms with Gasteiger partial charge in [-0.05, 0) is 50.2 Å². The second-order valence-electron chi connectivity index (χ2n) is 4.86. The van der Waals surface area contributed by atoms with Gasteiger partial charge in [0.05, 0.1) is 13.7 Å². The fraction of sp³-hybridized carbons (Fsp3) is 0.278. The van der Waals surface area contributed by atoms with Crippen LogP contribution in [0.2, 0.25) is 0 Å². The number of rotatable bonds is 7. The third-order valence-corrected chi connectivity index (χ3v) is 3.17. The number of para-hydroxylation sites is 2. The molecule has 2 rings (SSSR count). The standard InChI is InChI=1S/C18H21NO4/c1-4-22-15-11-9-14(10-12-15)19-18(20)13(2)23-17-8-6-5-7-16(17)21-3/h5-13H,4H2,1-3H3,(H,19,20)/t13-/m0/s1. The van der Waals surface area contributed by atoms with Gasteiger partial charge in [0, 0.05) is 5.69 Å². The highest BCUT2D eigenvalue weighted by Gasteiger charge is 2.16. The van der Waals surface area contributed by atoms with Crippen molar-refractivity contribution in [2.24, 2.45) is 0 Å². The van der Waals surface area contributed by atoms with Crippen molar-refractivity contribution in [3.05, 3.63) is 48.5 Å². The molecule has 1 N–H and O–H groups in total. The van der Waals surface area contributed by atoms with Crippen LogP contribution < -0.4 is 19.5 Å². The van der Waals surface area contributed by atoms with Gasteiger partial charge in [-0.1, -0.05) is 12.1 Å². The quantitative estimate of drug-likeness (QED) is 0.849. The summed E-state index contributed by atoms with van der Waals surface area (Å²) in [6.45, 7) is 4.22. The van der Waals surface area contributed by atoms with E-state index in [1.54, 1.807) is 38.3 Å². The molecule has 0 spiro atoms. The van der Waals surface area contributed by atoms with E-state index in [1.165, 1.54) is 0 Å². The Bertz CT molecular complexity index is 640. The van der Waals surface area contributed by atoms with Crippen LogP contribution in [0.25, 0.3) is 0 Å². The van der Waals surface area contributed by atoms with Crippen molar-refractivity contribution >= 4 is 11.6 Å². The number of carbonyl (C=O) groups excluding carboxylic acids is 1. The highest BCUT2D eigenvalue weighted by atomic mass is 16.5. The highest BCUT2D eigenvalue weighted by molar-refractivity contribution is 5.94. The third kappa shape index (κ3) is 4.64. The number of methoxy groups -OCH3 is 1. The monoisotopic (exact) mass is 315 g/mol. The van der Waals surface area contributed by atoms with Crippen LogP contribution in [-0.2, 0) is 4.79 Å². The van der Waals surface area contributed by atoms with Gasteiger partial charge in [0.25, 0.3) is 5.91 Å². The number of hydrogen-bond acceptors (Lipinski definition) is 4. The number of amides is 1. The van der Waals surface area contributed by atoms with Gasteiger partial charge >= 0.3 is 0 Å². The van der Waals surface area contributed by atoms with E-state index < -0.39 is 6.10 Å². The molecule has 1 amide bonds. The zero-order chi connectivity index (χ0) is 16.7. The van der Waals surface area contributed by atoms with Crippen LogP contribution in [-0.4, -0.2) is 25.7 Å². The van der Waals surface area contributed by atoms with Crippen LogP contribution in [0.3, 0.4) is 0 Å². The molecule has 1 atom stereocenters. The Morgan fingerprint density at radius 2 is 1.74 bits per heavy atom. The molecule has 2 aromatic rings. The lowest BCUT2D eigenvalue weighted by molar-refractivity contribution is -0.122. The first-order valence-electron chi connectivity index (χ1n) is 7.47. The molecule has 0 aliphatic carbocycles. The average Bonchev–Trinajstić information content (AvgIpc) is 2.57. The van der Waals surface area contributed by atoms with Crippen LogP contribution in [0.5, 0.6) is 17.2 Å². The predicted octanol–water partition coefficient (Wildman–Crippen LogP) is 3.50. The van der Waals surface area contributed by atoms with Crippen molar-refractivity contribution in [1.82, 2.24) is 0 Å². The van der Waals surface area contributed by atoms with E-state index in [-0.39, 0.29) is 5.91 Å². The molecule has 0 radical (unpaired) electrons. The maximum absolute atomic E-state index is 12.2. The Balaban J connectivity index is 1.97. The van der Waals surface area contributed by atoms with E-state index >= 15 is 0 Å². The van der Waals surface area contributed by atoms with Crippen molar-refractivity contribution in [3.8, 4) is 17.2 Å². The fourth-order valence-electron chi connectivity index (χ4n) is 2.01. The maximum Gasteiger partial charge on any atom is 0.265 e. The Morgan fingerprint density at radius 1 is 1.09 bits per heavy atom. The summed E-state index contributed by atoms with van der Waals surface area (Å²) < 4.78 is 16.2. The van der Waals surface area contributed by atoms with E-state index in [1.807, 2.05) is 31.2 Å². The number of benzene rings is 2. The molecule has 122 valence electrons. The Hall–Kier alpha value is -2.69. The summed E-state index contributed by atoms with van der Waals surface area (Å²) in [7, 11) is 1.56. The molecule has 0 saturated heterocycles. The molecular weight excluding hydrogens is 294 g/mol. The molecule has 5 heteroatoms. The lowest BCUT2D eigenvalue weighted by Crippen LogP contribution is -2.30. The number of hydrogen-bond donors (Lipinski definition) is 1. The normalized spacial score (nSPS) is 11.4. The Kier molecular flexibility index (Phi) is 5.86. The second-order valence-corrected chi connectivity index (χ2v) is 4.86. The molecule has 0 aliphatic heterocycles. The lowest BCUT2D eigenvalue weighted by atomic mass is 10.2. The number of carbonyl (C=O) groups is 1. The molecule has 0 saturated carbocycles. The first-order valence-corrected chi connectivity index (χ1v) is 7.47. The van der Waals surface area contributed by atoms with Crippen LogP contribution in [0.4, 0.5) is 5.69 Å². The van der Waals surface area contributed by atoms with Gasteiger partial charge in [-0.2, -0.15) is 0 Å². The predicted molar refractivity (Wildman–Crippen MR) is 89.3 cm³/mol. The maximum atomic E-state index is 12.2. The zero-order valence-electron chi connectivity index (χ0n) is 13.5. The van der Waals surface area contributed by atoms with Gasteiger partial charge < -0.3 is 19.5 Å². The van der Waals surface area contributed by atoms with Crippen LogP contribution >= 0.6 is 0 Å². The largest absolute Gasteiger partial charge is 0.494 e. The smallest absolute Gasteiger partial charge is 0.265 e. The van der Waals surface area contributed by atoms with E-state index in [9.17, 15) is 4.79 Å². The SMILES string of the molecule is CCOc1ccc(NC(=O)[C@H](C)Oc2ccccc2OC)cc1. The zero-order valence-corrected chi connectivity index (χ0v) is 13.5.